The predicted octanol–water partition coefficient (Wildman–Crippen LogP) is 4.97. The summed E-state index contributed by atoms with van der Waals surface area (Å²) in [6.07, 6.45) is 2.81. The van der Waals surface area contributed by atoms with Gasteiger partial charge in [-0.2, -0.15) is 0 Å². The fourth-order valence-corrected chi connectivity index (χ4v) is 2.36. The summed E-state index contributed by atoms with van der Waals surface area (Å²) in [5, 5.41) is 0.621. The number of halogens is 1. The van der Waals surface area contributed by atoms with Crippen molar-refractivity contribution in [1.82, 2.24) is 0 Å². The van der Waals surface area contributed by atoms with Crippen molar-refractivity contribution < 1.29 is 4.74 Å². The zero-order valence-electron chi connectivity index (χ0n) is 12.6. The van der Waals surface area contributed by atoms with Crippen molar-refractivity contribution in [2.45, 2.75) is 39.2 Å². The minimum Gasteiger partial charge on any atom is -0.456 e. The molecule has 112 valence electrons. The molecule has 0 amide bonds. The average Bonchev–Trinajstić information content (AvgIpc) is 2.50. The molecule has 2 nitrogen and oxygen atoms in total. The normalized spacial score (nSPS) is 12.2. The fraction of sp³-hybridized carbons (Fsp3) is 0.333. The zero-order chi connectivity index (χ0) is 15.2. The summed E-state index contributed by atoms with van der Waals surface area (Å²) in [5.74, 6) is 1.47. The van der Waals surface area contributed by atoms with Gasteiger partial charge in [0.2, 0.25) is 0 Å². The van der Waals surface area contributed by atoms with Crippen LogP contribution in [-0.4, -0.2) is 6.04 Å². The van der Waals surface area contributed by atoms with Crippen LogP contribution >= 0.6 is 11.6 Å². The third-order valence-electron chi connectivity index (χ3n) is 3.58. The molecule has 0 aliphatic rings. The maximum atomic E-state index is 6.30. The van der Waals surface area contributed by atoms with Gasteiger partial charge in [-0.3, -0.25) is 0 Å². The van der Waals surface area contributed by atoms with Crippen LogP contribution in [-0.2, 0) is 12.8 Å². The van der Waals surface area contributed by atoms with E-state index in [0.717, 1.165) is 30.6 Å². The van der Waals surface area contributed by atoms with Gasteiger partial charge in [-0.05, 0) is 54.7 Å². The van der Waals surface area contributed by atoms with Gasteiger partial charge < -0.3 is 10.5 Å². The van der Waals surface area contributed by atoms with Crippen molar-refractivity contribution in [3.05, 3.63) is 58.6 Å². The second kappa shape index (κ2) is 7.48. The first-order valence-corrected chi connectivity index (χ1v) is 7.81. The lowest BCUT2D eigenvalue weighted by Gasteiger charge is -2.12. The van der Waals surface area contributed by atoms with Crippen molar-refractivity contribution in [1.29, 1.82) is 0 Å². The van der Waals surface area contributed by atoms with Crippen molar-refractivity contribution >= 4 is 11.6 Å². The molecule has 21 heavy (non-hydrogen) atoms. The quantitative estimate of drug-likeness (QED) is 0.817. The third-order valence-corrected chi connectivity index (χ3v) is 3.87. The van der Waals surface area contributed by atoms with E-state index in [-0.39, 0.29) is 6.04 Å². The molecule has 0 radical (unpaired) electrons. The van der Waals surface area contributed by atoms with E-state index < -0.39 is 0 Å². The van der Waals surface area contributed by atoms with Crippen LogP contribution in [0.15, 0.2) is 42.5 Å². The van der Waals surface area contributed by atoms with Gasteiger partial charge in [-0.15, -0.1) is 0 Å². The number of benzene rings is 2. The molecule has 0 heterocycles. The van der Waals surface area contributed by atoms with Crippen molar-refractivity contribution in [2.75, 3.05) is 0 Å². The molecule has 0 saturated carbocycles. The van der Waals surface area contributed by atoms with Crippen LogP contribution in [0.5, 0.6) is 11.5 Å². The molecule has 2 rings (SSSR count). The van der Waals surface area contributed by atoms with Gasteiger partial charge >= 0.3 is 0 Å². The first-order valence-electron chi connectivity index (χ1n) is 7.43. The number of ether oxygens (including phenoxy) is 1. The molecule has 0 bridgehead atoms. The molecule has 1 unspecified atom stereocenters. The average molecular weight is 304 g/mol. The van der Waals surface area contributed by atoms with Gasteiger partial charge in [0.15, 0.2) is 0 Å². The molecule has 2 aromatic rings. The monoisotopic (exact) mass is 303 g/mol. The molecule has 3 heteroatoms. The Morgan fingerprint density at radius 3 is 2.29 bits per heavy atom. The Balaban J connectivity index is 2.09. The highest BCUT2D eigenvalue weighted by atomic mass is 35.5. The summed E-state index contributed by atoms with van der Waals surface area (Å²) in [4.78, 5) is 0. The van der Waals surface area contributed by atoms with Crippen LogP contribution in [0.4, 0.5) is 0 Å². The lowest BCUT2D eigenvalue weighted by atomic mass is 10.0. The summed E-state index contributed by atoms with van der Waals surface area (Å²) >= 11 is 6.30. The smallest absolute Gasteiger partial charge is 0.146 e. The first-order chi connectivity index (χ1) is 10.1. The highest BCUT2D eigenvalue weighted by molar-refractivity contribution is 6.32. The fourth-order valence-electron chi connectivity index (χ4n) is 2.12. The topological polar surface area (TPSA) is 35.2 Å². The van der Waals surface area contributed by atoms with Crippen molar-refractivity contribution in [3.8, 4) is 11.5 Å². The van der Waals surface area contributed by atoms with Crippen LogP contribution < -0.4 is 10.5 Å². The molecule has 0 spiro atoms. The molecule has 2 aromatic carbocycles. The minimum absolute atomic E-state index is 0.175. The molecular formula is C18H22ClNO. The van der Waals surface area contributed by atoms with Crippen LogP contribution in [0.1, 0.15) is 31.4 Å². The maximum Gasteiger partial charge on any atom is 0.146 e. The van der Waals surface area contributed by atoms with Crippen molar-refractivity contribution in [2.24, 2.45) is 5.73 Å². The highest BCUT2D eigenvalue weighted by Crippen LogP contribution is 2.30. The lowest BCUT2D eigenvalue weighted by Crippen LogP contribution is -2.21. The Morgan fingerprint density at radius 2 is 1.71 bits per heavy atom. The predicted molar refractivity (Wildman–Crippen MR) is 89.3 cm³/mol. The van der Waals surface area contributed by atoms with E-state index in [1.54, 1.807) is 0 Å². The minimum atomic E-state index is 0.175. The molecule has 0 saturated heterocycles. The van der Waals surface area contributed by atoms with Gasteiger partial charge in [-0.1, -0.05) is 43.6 Å². The number of hydrogen-bond acceptors (Lipinski definition) is 2. The van der Waals surface area contributed by atoms with Crippen LogP contribution in [0, 0.1) is 0 Å². The summed E-state index contributed by atoms with van der Waals surface area (Å²) < 4.78 is 5.83. The summed E-state index contributed by atoms with van der Waals surface area (Å²) in [6, 6.07) is 14.1. The van der Waals surface area contributed by atoms with Gasteiger partial charge in [-0.25, -0.2) is 0 Å². The van der Waals surface area contributed by atoms with Crippen LogP contribution in [0.2, 0.25) is 5.02 Å². The van der Waals surface area contributed by atoms with E-state index in [4.69, 9.17) is 22.1 Å². The van der Waals surface area contributed by atoms with Gasteiger partial charge in [0.25, 0.3) is 0 Å². The molecule has 2 N–H and O–H groups in total. The Morgan fingerprint density at radius 1 is 1.05 bits per heavy atom. The Kier molecular flexibility index (Phi) is 5.66. The van der Waals surface area contributed by atoms with Crippen LogP contribution in [0.25, 0.3) is 0 Å². The largest absolute Gasteiger partial charge is 0.456 e. The highest BCUT2D eigenvalue weighted by Gasteiger charge is 2.07. The SMILES string of the molecule is CCc1ccc(Oc2ccc(CC(N)CC)cc2Cl)cc1. The Bertz CT molecular complexity index is 580. The standard InChI is InChI=1S/C18H22ClNO/c1-3-13-5-8-16(9-6-13)21-18-10-7-14(12-17(18)19)11-15(20)4-2/h5-10,12,15H,3-4,11,20H2,1-2H3. The maximum absolute atomic E-state index is 6.30. The third kappa shape index (κ3) is 4.48. The zero-order valence-corrected chi connectivity index (χ0v) is 13.4. The van der Waals surface area contributed by atoms with Gasteiger partial charge in [0, 0.05) is 6.04 Å². The Hall–Kier alpha value is -1.51. The number of aryl methyl sites for hydroxylation is 1. The summed E-state index contributed by atoms with van der Waals surface area (Å²) in [7, 11) is 0. The molecule has 1 atom stereocenters. The second-order valence-corrected chi connectivity index (χ2v) is 5.64. The van der Waals surface area contributed by atoms with E-state index in [0.29, 0.717) is 10.8 Å². The molecular weight excluding hydrogens is 282 g/mol. The van der Waals surface area contributed by atoms with Gasteiger partial charge in [0.05, 0.1) is 5.02 Å². The van der Waals surface area contributed by atoms with Crippen molar-refractivity contribution in [3.63, 3.8) is 0 Å². The van der Waals surface area contributed by atoms with Gasteiger partial charge in [0.1, 0.15) is 11.5 Å². The number of nitrogens with two attached hydrogens (primary N) is 1. The molecule has 0 aliphatic heterocycles. The van der Waals surface area contributed by atoms with Crippen LogP contribution in [0.3, 0.4) is 0 Å². The number of rotatable bonds is 6. The van der Waals surface area contributed by atoms with E-state index in [2.05, 4.69) is 26.0 Å². The van der Waals surface area contributed by atoms with E-state index >= 15 is 0 Å². The Labute approximate surface area is 131 Å². The second-order valence-electron chi connectivity index (χ2n) is 5.24. The number of hydrogen-bond donors (Lipinski definition) is 1. The molecule has 0 fully saturated rings. The van der Waals surface area contributed by atoms with E-state index in [9.17, 15) is 0 Å². The summed E-state index contributed by atoms with van der Waals surface area (Å²) in [5.41, 5.74) is 8.40. The van der Waals surface area contributed by atoms with E-state index in [1.165, 1.54) is 5.56 Å². The molecule has 0 aliphatic carbocycles. The van der Waals surface area contributed by atoms with E-state index in [1.807, 2.05) is 30.3 Å². The first kappa shape index (κ1) is 15.9. The molecule has 0 aromatic heterocycles. The lowest BCUT2D eigenvalue weighted by molar-refractivity contribution is 0.482. The summed E-state index contributed by atoms with van der Waals surface area (Å²) in [6.45, 7) is 4.22.